The third-order valence-corrected chi connectivity index (χ3v) is 26.9. The molecule has 11 heterocycles. The molecule has 0 aliphatic carbocycles. The quantitative estimate of drug-likeness (QED) is 0.0420. The summed E-state index contributed by atoms with van der Waals surface area (Å²) in [6, 6.07) is 51.0. The fourth-order valence-corrected chi connectivity index (χ4v) is 18.3. The Labute approximate surface area is 796 Å². The van der Waals surface area contributed by atoms with Crippen molar-refractivity contribution >= 4 is 156 Å². The Morgan fingerprint density at radius 2 is 0.723 bits per heavy atom. The molecule has 0 amide bonds. The van der Waals surface area contributed by atoms with E-state index < -0.39 is 0 Å². The molecule has 4 fully saturated rings. The lowest BCUT2D eigenvalue weighted by Crippen LogP contribution is -2.47. The van der Waals surface area contributed by atoms with E-state index in [1.54, 1.807) is 24.3 Å². The fourth-order valence-electron chi connectivity index (χ4n) is 16.7. The van der Waals surface area contributed by atoms with Gasteiger partial charge in [0.2, 0.25) is 0 Å². The number of H-pyrrole nitrogens is 1. The van der Waals surface area contributed by atoms with Gasteiger partial charge in [0, 0.05) is 150 Å². The smallest absolute Gasteiger partial charge is 0.153 e. The highest BCUT2D eigenvalue weighted by atomic mass is 35.5. The Morgan fingerprint density at radius 1 is 0.385 bits per heavy atom. The first-order valence-electron chi connectivity index (χ1n) is 42.9. The largest absolute Gasteiger partial charge is 0.390 e. The number of aryl methyl sites for hydroxylation is 5. The zero-order valence-electron chi connectivity index (χ0n) is 73.3. The number of halogens is 8. The first kappa shape index (κ1) is 94.2. The minimum Gasteiger partial charge on any atom is -0.390 e. The molecule has 676 valence electrons. The highest BCUT2D eigenvalue weighted by Gasteiger charge is 2.31. The van der Waals surface area contributed by atoms with Crippen LogP contribution in [-0.2, 0) is 32.0 Å². The lowest BCUT2D eigenvalue weighted by Gasteiger charge is -2.37. The van der Waals surface area contributed by atoms with Gasteiger partial charge >= 0.3 is 0 Å². The second-order valence-corrected chi connectivity index (χ2v) is 36.0. The van der Waals surface area contributed by atoms with Crippen molar-refractivity contribution in [3.05, 3.63) is 273 Å². The number of fused-ring (bicyclic) bond motifs is 2. The second-order valence-electron chi connectivity index (χ2n) is 32.9. The van der Waals surface area contributed by atoms with Crippen molar-refractivity contribution in [3.8, 4) is 45.0 Å². The Kier molecular flexibility index (Phi) is 30.1. The number of aliphatic hydroxyl groups excluding tert-OH is 4. The summed E-state index contributed by atoms with van der Waals surface area (Å²) in [5.74, 6) is 4.89. The van der Waals surface area contributed by atoms with Crippen molar-refractivity contribution in [3.63, 3.8) is 0 Å². The number of nitrogens with zero attached hydrogens (tertiary/aromatic N) is 19. The first-order valence-corrected chi connectivity index (χ1v) is 45.9. The zero-order valence-corrected chi connectivity index (χ0v) is 79.4. The molecule has 14 aromatic rings. The van der Waals surface area contributed by atoms with Gasteiger partial charge in [0.25, 0.3) is 0 Å². The standard InChI is InChI=1S/C25H29Cl2N5O.C24H24Cl2N6O.C24H27Cl2N5O.C23H22Cl2N6O/c1-16-23(19-8-5-9-20(26)22(19)27)30-21(15-33)24(29-16)32-12-10-31(11-13-32)18-7-4-6-17(14-18)25(2,3)28;1-14-22(16-5-3-6-17(25)21(16)26)30-19(13-33)24(27-14)32-11-9-31(10-12-32)20-8-4-7-18-23(20)29-15(2)28-18;1-15(27)17-5-3-6-18(13-17)30-9-11-31(12-10-30)24-21(14-32)29-23(16(2)28-24)19-7-4-8-20(25)22(19)26;1-15-22(17-5-3-6-18(24)21(17)25)28-19(13-32)23(27-15)30-10-8-29(9-11-30)20-7-2-4-16-12-26-14-31(16)20/h4-9,14,33H,10-13,15,28H2,1-3H3;3-8,33H,9-13H2,1-2H3,(H,28,29);3-8,13,15,32H,9-12,14,27H2,1-2H3;2-7,12,14,32H,8-11,13H2,1H3. The van der Waals surface area contributed by atoms with Crippen LogP contribution in [0.1, 0.15) is 89.3 Å². The summed E-state index contributed by atoms with van der Waals surface area (Å²) in [6.07, 6.45) is 3.70. The number of hydrogen-bond acceptors (Lipinski definition) is 24. The molecule has 130 heavy (non-hydrogen) atoms. The summed E-state index contributed by atoms with van der Waals surface area (Å²) in [6.45, 7) is 27.6. The molecule has 1 unspecified atom stereocenters. The number of nitrogens with two attached hydrogens (primary N) is 2. The third kappa shape index (κ3) is 20.7. The number of aliphatic hydroxyl groups is 4. The Hall–Kier alpha value is -10.5. The van der Waals surface area contributed by atoms with E-state index in [9.17, 15) is 20.4 Å². The molecule has 4 saturated heterocycles. The lowest BCUT2D eigenvalue weighted by atomic mass is 9.95. The zero-order chi connectivity index (χ0) is 91.9. The Bertz CT molecular complexity index is 6400. The maximum Gasteiger partial charge on any atom is 0.153 e. The number of rotatable bonds is 18. The lowest BCUT2D eigenvalue weighted by molar-refractivity contribution is 0.276. The molecule has 0 radical (unpaired) electrons. The van der Waals surface area contributed by atoms with E-state index in [1.807, 2.05) is 123 Å². The van der Waals surface area contributed by atoms with Crippen LogP contribution in [0.4, 0.5) is 46.2 Å². The molecular formula is C96H102Cl8N22O4. The number of piperazine rings is 4. The molecule has 34 heteroatoms. The topological polar surface area (TPSA) is 308 Å². The van der Waals surface area contributed by atoms with Gasteiger partial charge in [-0.25, -0.2) is 49.8 Å². The van der Waals surface area contributed by atoms with Crippen LogP contribution in [0.15, 0.2) is 170 Å². The van der Waals surface area contributed by atoms with E-state index in [-0.39, 0.29) is 38.0 Å². The van der Waals surface area contributed by atoms with Crippen LogP contribution >= 0.6 is 92.8 Å². The average Bonchev–Trinajstić information content (AvgIpc) is 0.875. The summed E-state index contributed by atoms with van der Waals surface area (Å²) < 4.78 is 2.10. The Balaban J connectivity index is 0.000000133. The molecule has 9 N–H and O–H groups in total. The van der Waals surface area contributed by atoms with Crippen molar-refractivity contribution in [2.75, 3.05) is 144 Å². The van der Waals surface area contributed by atoms with E-state index in [0.29, 0.717) is 125 Å². The highest BCUT2D eigenvalue weighted by molar-refractivity contribution is 6.45. The second kappa shape index (κ2) is 41.5. The predicted octanol–water partition coefficient (Wildman–Crippen LogP) is 18.4. The highest BCUT2D eigenvalue weighted by Crippen LogP contribution is 2.42. The van der Waals surface area contributed by atoms with Gasteiger partial charge in [-0.15, -0.1) is 0 Å². The SMILES string of the molecule is Cc1nc(N2CCN(c3cccc(C(C)(C)N)c3)CC2)c(CO)nc1-c1cccc(Cl)c1Cl.Cc1nc(N2CCN(c3cccc(C(C)N)c3)CC2)c(CO)nc1-c1cccc(Cl)c1Cl.Cc1nc(N2CCN(c3cccc4cncn34)CC2)c(CO)nc1-c1cccc(Cl)c1Cl.Cc1nc2c(N3CCN(c4nc(C)c(-c5cccc(Cl)c5Cl)nc4CO)CC3)cccc2[nH]1. The predicted molar refractivity (Wildman–Crippen MR) is 529 cm³/mol. The third-order valence-electron chi connectivity index (χ3n) is 23.6. The summed E-state index contributed by atoms with van der Waals surface area (Å²) >= 11 is 50.4. The molecule has 0 bridgehead atoms. The van der Waals surface area contributed by atoms with Gasteiger partial charge in [-0.1, -0.05) is 178 Å². The maximum atomic E-state index is 10.1. The number of pyridine rings is 1. The van der Waals surface area contributed by atoms with Gasteiger partial charge in [0.15, 0.2) is 23.3 Å². The molecule has 4 aliphatic heterocycles. The fraction of sp³-hybridized carbons (Fsp3) is 0.312. The number of aromatic nitrogens is 12. The van der Waals surface area contributed by atoms with E-state index in [2.05, 4.69) is 137 Å². The monoisotopic (exact) mass is 1910 g/mol. The summed E-state index contributed by atoms with van der Waals surface area (Å²) in [4.78, 5) is 68.6. The normalized spacial score (nSPS) is 14.6. The van der Waals surface area contributed by atoms with E-state index in [1.165, 1.54) is 11.4 Å². The number of aromatic amines is 1. The van der Waals surface area contributed by atoms with Gasteiger partial charge in [-0.2, -0.15) is 0 Å². The minimum atomic E-state index is -0.380. The summed E-state index contributed by atoms with van der Waals surface area (Å²) in [5.41, 5.74) is 31.3. The van der Waals surface area contributed by atoms with Gasteiger partial charge in [-0.3, -0.25) is 4.40 Å². The van der Waals surface area contributed by atoms with Crippen LogP contribution in [0.3, 0.4) is 0 Å². The summed E-state index contributed by atoms with van der Waals surface area (Å²) in [7, 11) is 0. The van der Waals surface area contributed by atoms with Gasteiger partial charge in [-0.05, 0) is 139 Å². The molecule has 7 aromatic carbocycles. The molecule has 1 atom stereocenters. The molecule has 0 saturated carbocycles. The van der Waals surface area contributed by atoms with E-state index in [0.717, 1.165) is 178 Å². The number of benzene rings is 7. The molecular weight excluding hydrogens is 1810 g/mol. The van der Waals surface area contributed by atoms with Crippen LogP contribution in [0, 0.1) is 34.6 Å². The molecule has 18 rings (SSSR count). The van der Waals surface area contributed by atoms with E-state index >= 15 is 0 Å². The van der Waals surface area contributed by atoms with Crippen LogP contribution in [-0.4, -0.2) is 184 Å². The molecule has 26 nitrogen and oxygen atoms in total. The van der Waals surface area contributed by atoms with Crippen molar-refractivity contribution in [1.29, 1.82) is 0 Å². The molecule has 4 aliphatic rings. The van der Waals surface area contributed by atoms with Crippen LogP contribution in [0.25, 0.3) is 61.6 Å². The van der Waals surface area contributed by atoms with Crippen molar-refractivity contribution in [2.45, 2.75) is 93.4 Å². The number of imidazole rings is 2. The van der Waals surface area contributed by atoms with Gasteiger partial charge < -0.3 is 76.1 Å². The minimum absolute atomic E-state index is 0.00751. The first-order chi connectivity index (χ1) is 62.6. The van der Waals surface area contributed by atoms with Crippen LogP contribution in [0.5, 0.6) is 0 Å². The molecule has 0 spiro atoms. The van der Waals surface area contributed by atoms with Crippen molar-refractivity contribution in [2.24, 2.45) is 11.5 Å². The number of hydrogen-bond donors (Lipinski definition) is 7. The number of nitrogens with one attached hydrogen (secondary N) is 1. The number of anilines is 8. The Morgan fingerprint density at radius 3 is 1.10 bits per heavy atom. The van der Waals surface area contributed by atoms with Crippen LogP contribution in [0.2, 0.25) is 40.2 Å². The average molecular weight is 1910 g/mol. The van der Waals surface area contributed by atoms with Gasteiger partial charge in [0.1, 0.15) is 46.3 Å². The van der Waals surface area contributed by atoms with Gasteiger partial charge in [0.05, 0.1) is 135 Å². The van der Waals surface area contributed by atoms with E-state index in [4.69, 9.17) is 144 Å². The number of para-hydroxylation sites is 1. The summed E-state index contributed by atoms with van der Waals surface area (Å²) in [5, 5.41) is 43.8. The molecule has 7 aromatic heterocycles. The van der Waals surface area contributed by atoms with Crippen molar-refractivity contribution < 1.29 is 20.4 Å². The maximum absolute atomic E-state index is 10.1. The van der Waals surface area contributed by atoms with Crippen LogP contribution < -0.4 is 50.7 Å². The van der Waals surface area contributed by atoms with Crippen molar-refractivity contribution in [1.82, 2.24) is 59.2 Å².